The summed E-state index contributed by atoms with van der Waals surface area (Å²) in [6, 6.07) is 7.35. The van der Waals surface area contributed by atoms with Gasteiger partial charge >= 0.3 is 12.1 Å². The number of nitrogens with zero attached hydrogens (tertiary/aromatic N) is 1. The largest absolute Gasteiger partial charge is 0.491 e. The van der Waals surface area contributed by atoms with Crippen LogP contribution in [-0.2, 0) is 24.4 Å². The van der Waals surface area contributed by atoms with Gasteiger partial charge in [-0.3, -0.25) is 9.69 Å². The van der Waals surface area contributed by atoms with Gasteiger partial charge < -0.3 is 18.9 Å². The van der Waals surface area contributed by atoms with Crippen LogP contribution in [0.25, 0.3) is 0 Å². The lowest BCUT2D eigenvalue weighted by Gasteiger charge is -2.35. The van der Waals surface area contributed by atoms with Crippen LogP contribution in [0.1, 0.15) is 33.3 Å². The summed E-state index contributed by atoms with van der Waals surface area (Å²) in [6.07, 6.45) is 3.12. The number of esters is 1. The topological polar surface area (TPSA) is 77.6 Å². The van der Waals surface area contributed by atoms with Gasteiger partial charge in [0.15, 0.2) is 0 Å². The van der Waals surface area contributed by atoms with Crippen LogP contribution >= 0.6 is 0 Å². The SMILES string of the molecule is CCOC(=O)N1C(C)=CC(C(=O)OCC)(c2cccc(OCC3CO3)c2)C=C1C. The van der Waals surface area contributed by atoms with Crippen LogP contribution in [0, 0.1) is 0 Å². The predicted molar refractivity (Wildman–Crippen MR) is 106 cm³/mol. The number of hydrogen-bond donors (Lipinski definition) is 0. The van der Waals surface area contributed by atoms with E-state index in [2.05, 4.69) is 0 Å². The molecule has 7 nitrogen and oxygen atoms in total. The fourth-order valence-electron chi connectivity index (χ4n) is 3.43. The number of epoxide rings is 1. The van der Waals surface area contributed by atoms with E-state index in [1.807, 2.05) is 24.3 Å². The van der Waals surface area contributed by atoms with E-state index in [1.54, 1.807) is 39.8 Å². The summed E-state index contributed by atoms with van der Waals surface area (Å²) in [5, 5.41) is 0. The minimum absolute atomic E-state index is 0.134. The Labute approximate surface area is 170 Å². The zero-order valence-corrected chi connectivity index (χ0v) is 17.3. The average Bonchev–Trinajstić information content (AvgIpc) is 3.51. The van der Waals surface area contributed by atoms with Gasteiger partial charge in [0.2, 0.25) is 0 Å². The lowest BCUT2D eigenvalue weighted by molar-refractivity contribution is -0.146. The van der Waals surface area contributed by atoms with Gasteiger partial charge in [-0.15, -0.1) is 0 Å². The molecule has 7 heteroatoms. The maximum atomic E-state index is 13.1. The third kappa shape index (κ3) is 4.45. The molecule has 1 amide bonds. The predicted octanol–water partition coefficient (Wildman–Crippen LogP) is 3.54. The zero-order valence-electron chi connectivity index (χ0n) is 17.3. The number of allylic oxidation sites excluding steroid dienone is 2. The fraction of sp³-hybridized carbons (Fsp3) is 0.455. The summed E-state index contributed by atoms with van der Waals surface area (Å²) in [7, 11) is 0. The van der Waals surface area contributed by atoms with Gasteiger partial charge in [0, 0.05) is 11.4 Å². The van der Waals surface area contributed by atoms with Crippen molar-refractivity contribution >= 4 is 12.1 Å². The second kappa shape index (κ2) is 8.69. The molecule has 1 aromatic rings. The maximum absolute atomic E-state index is 13.1. The summed E-state index contributed by atoms with van der Waals surface area (Å²) < 4.78 is 21.5. The molecular formula is C22H27NO6. The van der Waals surface area contributed by atoms with Crippen molar-refractivity contribution in [1.82, 2.24) is 4.90 Å². The first-order valence-corrected chi connectivity index (χ1v) is 9.79. The molecule has 2 heterocycles. The van der Waals surface area contributed by atoms with Gasteiger partial charge in [0.1, 0.15) is 23.9 Å². The minimum atomic E-state index is -1.16. The first-order chi connectivity index (χ1) is 13.9. The number of benzene rings is 1. The Balaban J connectivity index is 2.00. The second-order valence-corrected chi connectivity index (χ2v) is 6.99. The normalized spacial score (nSPS) is 19.7. The van der Waals surface area contributed by atoms with Crippen molar-refractivity contribution < 1.29 is 28.5 Å². The van der Waals surface area contributed by atoms with E-state index in [0.29, 0.717) is 35.9 Å². The van der Waals surface area contributed by atoms with E-state index < -0.39 is 17.5 Å². The molecule has 2 aliphatic heterocycles. The Kier molecular flexibility index (Phi) is 6.27. The number of amides is 1. The van der Waals surface area contributed by atoms with E-state index in [1.165, 1.54) is 4.90 Å². The highest BCUT2D eigenvalue weighted by Gasteiger charge is 2.43. The summed E-state index contributed by atoms with van der Waals surface area (Å²) >= 11 is 0. The highest BCUT2D eigenvalue weighted by Crippen LogP contribution is 2.38. The molecule has 0 bridgehead atoms. The molecule has 0 aliphatic carbocycles. The molecule has 1 saturated heterocycles. The smallest absolute Gasteiger partial charge is 0.418 e. The van der Waals surface area contributed by atoms with E-state index in [-0.39, 0.29) is 19.3 Å². The Morgan fingerprint density at radius 1 is 1.14 bits per heavy atom. The average molecular weight is 401 g/mol. The Hall–Kier alpha value is -2.80. The molecule has 0 aromatic heterocycles. The molecule has 0 saturated carbocycles. The number of hydrogen-bond acceptors (Lipinski definition) is 6. The lowest BCUT2D eigenvalue weighted by Crippen LogP contribution is -2.41. The number of carbonyl (C=O) groups excluding carboxylic acids is 2. The van der Waals surface area contributed by atoms with Crippen molar-refractivity contribution in [3.63, 3.8) is 0 Å². The summed E-state index contributed by atoms with van der Waals surface area (Å²) in [5.74, 6) is 0.233. The molecule has 0 spiro atoms. The van der Waals surface area contributed by atoms with Crippen molar-refractivity contribution in [3.8, 4) is 5.75 Å². The van der Waals surface area contributed by atoms with Crippen LogP contribution in [0.2, 0.25) is 0 Å². The molecule has 0 N–H and O–H groups in total. The fourth-order valence-corrected chi connectivity index (χ4v) is 3.43. The van der Waals surface area contributed by atoms with Crippen molar-refractivity contribution in [2.45, 2.75) is 39.2 Å². The number of carbonyl (C=O) groups is 2. The Bertz CT molecular complexity index is 819. The van der Waals surface area contributed by atoms with E-state index in [9.17, 15) is 9.59 Å². The maximum Gasteiger partial charge on any atom is 0.418 e. The molecule has 1 atom stereocenters. The monoisotopic (exact) mass is 401 g/mol. The molecule has 2 aliphatic rings. The third-order valence-electron chi connectivity index (χ3n) is 4.79. The van der Waals surface area contributed by atoms with Crippen LogP contribution in [0.5, 0.6) is 5.75 Å². The van der Waals surface area contributed by atoms with Gasteiger partial charge in [-0.05, 0) is 57.5 Å². The lowest BCUT2D eigenvalue weighted by atomic mass is 9.77. The summed E-state index contributed by atoms with van der Waals surface area (Å²) in [4.78, 5) is 26.9. The zero-order chi connectivity index (χ0) is 21.0. The second-order valence-electron chi connectivity index (χ2n) is 6.99. The molecule has 0 radical (unpaired) electrons. The van der Waals surface area contributed by atoms with Crippen molar-refractivity contribution in [2.75, 3.05) is 26.4 Å². The van der Waals surface area contributed by atoms with Crippen LogP contribution in [0.3, 0.4) is 0 Å². The quantitative estimate of drug-likeness (QED) is 0.514. The van der Waals surface area contributed by atoms with Crippen molar-refractivity contribution in [2.24, 2.45) is 0 Å². The van der Waals surface area contributed by atoms with Gasteiger partial charge in [-0.1, -0.05) is 12.1 Å². The summed E-state index contributed by atoms with van der Waals surface area (Å²) in [5.41, 5.74) is 0.721. The van der Waals surface area contributed by atoms with Gasteiger partial charge in [0.05, 0.1) is 19.8 Å². The van der Waals surface area contributed by atoms with Crippen LogP contribution < -0.4 is 4.74 Å². The first kappa shape index (κ1) is 20.9. The van der Waals surface area contributed by atoms with E-state index in [0.717, 1.165) is 0 Å². The van der Waals surface area contributed by atoms with Crippen LogP contribution in [-0.4, -0.2) is 49.5 Å². The molecule has 1 fully saturated rings. The molecule has 3 rings (SSSR count). The van der Waals surface area contributed by atoms with E-state index >= 15 is 0 Å². The number of ether oxygens (including phenoxy) is 4. The summed E-state index contributed by atoms with van der Waals surface area (Å²) in [6.45, 7) is 8.75. The van der Waals surface area contributed by atoms with Gasteiger partial charge in [0.25, 0.3) is 0 Å². The molecule has 1 aromatic carbocycles. The van der Waals surface area contributed by atoms with Crippen LogP contribution in [0.4, 0.5) is 4.79 Å². The minimum Gasteiger partial charge on any atom is -0.491 e. The first-order valence-electron chi connectivity index (χ1n) is 9.79. The van der Waals surface area contributed by atoms with Gasteiger partial charge in [-0.25, -0.2) is 4.79 Å². The van der Waals surface area contributed by atoms with Gasteiger partial charge in [-0.2, -0.15) is 0 Å². The standard InChI is InChI=1S/C22H27NO6/c1-5-26-20(24)22(11-15(3)23(16(4)12-22)21(25)27-6-2)17-8-7-9-18(10-17)28-13-19-14-29-19/h7-12,19H,5-6,13-14H2,1-4H3. The Morgan fingerprint density at radius 3 is 2.38 bits per heavy atom. The van der Waals surface area contributed by atoms with E-state index in [4.69, 9.17) is 18.9 Å². The van der Waals surface area contributed by atoms with Crippen molar-refractivity contribution in [3.05, 3.63) is 53.4 Å². The third-order valence-corrected chi connectivity index (χ3v) is 4.79. The van der Waals surface area contributed by atoms with Crippen molar-refractivity contribution in [1.29, 1.82) is 0 Å². The number of rotatable bonds is 7. The molecule has 29 heavy (non-hydrogen) atoms. The molecular weight excluding hydrogens is 374 g/mol. The Morgan fingerprint density at radius 2 is 1.79 bits per heavy atom. The molecule has 1 unspecified atom stereocenters. The van der Waals surface area contributed by atoms with Crippen LogP contribution in [0.15, 0.2) is 47.8 Å². The molecule has 156 valence electrons. The highest BCUT2D eigenvalue weighted by molar-refractivity contribution is 5.90. The highest BCUT2D eigenvalue weighted by atomic mass is 16.6.